The second-order valence-corrected chi connectivity index (χ2v) is 2.64. The van der Waals surface area contributed by atoms with Gasteiger partial charge in [0.2, 0.25) is 0 Å². The van der Waals surface area contributed by atoms with E-state index in [-0.39, 0.29) is 19.5 Å². The Balaban J connectivity index is 0.00000121. The van der Waals surface area contributed by atoms with Crippen molar-refractivity contribution >= 4 is 5.69 Å². The number of hydrogen-bond donors (Lipinski definition) is 0. The van der Waals surface area contributed by atoms with Gasteiger partial charge in [-0.3, -0.25) is 0 Å². The minimum atomic E-state index is 0. The second kappa shape index (κ2) is 5.05. The van der Waals surface area contributed by atoms with Crippen LogP contribution < -0.4 is 0 Å². The van der Waals surface area contributed by atoms with Gasteiger partial charge < -0.3 is 0 Å². The third-order valence-corrected chi connectivity index (χ3v) is 1.55. The molecule has 0 aliphatic carbocycles. The Labute approximate surface area is 85.1 Å². The van der Waals surface area contributed by atoms with Gasteiger partial charge in [-0.05, 0) is 5.18 Å². The van der Waals surface area contributed by atoms with Gasteiger partial charge in [-0.15, -0.1) is 4.91 Å². The van der Waals surface area contributed by atoms with Gasteiger partial charge in [-0.2, -0.15) is 23.6 Å². The molecular formula is C9H10NOZn-. The van der Waals surface area contributed by atoms with Crippen LogP contribution in [0.25, 0.3) is 0 Å². The summed E-state index contributed by atoms with van der Waals surface area (Å²) in [5, 5.41) is 2.81. The van der Waals surface area contributed by atoms with Gasteiger partial charge in [0.25, 0.3) is 0 Å². The van der Waals surface area contributed by atoms with Gasteiger partial charge in [0.1, 0.15) is 0 Å². The molecule has 0 saturated heterocycles. The average Bonchev–Trinajstić information content (AvgIpc) is 2.05. The molecule has 0 radical (unpaired) electrons. The summed E-state index contributed by atoms with van der Waals surface area (Å²) < 4.78 is 0. The molecule has 12 heavy (non-hydrogen) atoms. The Hall–Kier alpha value is -0.687. The SMILES string of the molecule is C[C-](C)c1ccc(N=O)cc1.[Zn]. The molecule has 0 heterocycles. The van der Waals surface area contributed by atoms with Crippen LogP contribution in [0.4, 0.5) is 5.69 Å². The fourth-order valence-electron chi connectivity index (χ4n) is 0.856. The Morgan fingerprint density at radius 3 is 2.00 bits per heavy atom. The summed E-state index contributed by atoms with van der Waals surface area (Å²) in [5.74, 6) is 1.24. The first-order valence-electron chi connectivity index (χ1n) is 3.48. The molecule has 0 fully saturated rings. The van der Waals surface area contributed by atoms with Crippen LogP contribution in [0.2, 0.25) is 0 Å². The third kappa shape index (κ3) is 2.74. The molecule has 0 amide bonds. The fraction of sp³-hybridized carbons (Fsp3) is 0.222. The zero-order chi connectivity index (χ0) is 8.27. The summed E-state index contributed by atoms with van der Waals surface area (Å²) >= 11 is 0. The van der Waals surface area contributed by atoms with E-state index >= 15 is 0 Å². The molecule has 1 aromatic carbocycles. The van der Waals surface area contributed by atoms with Gasteiger partial charge in [0.05, 0.1) is 5.69 Å². The second-order valence-electron chi connectivity index (χ2n) is 2.64. The molecule has 0 atom stereocenters. The standard InChI is InChI=1S/C9H10NO.Zn/c1-7(2)8-3-5-9(10-11)6-4-8;/h3-6H,1-2H3;/q-1;. The first-order valence-corrected chi connectivity index (χ1v) is 3.48. The van der Waals surface area contributed by atoms with E-state index in [9.17, 15) is 4.91 Å². The summed E-state index contributed by atoms with van der Waals surface area (Å²) in [7, 11) is 0. The Kier molecular flexibility index (Phi) is 4.76. The van der Waals surface area contributed by atoms with Crippen molar-refractivity contribution in [3.8, 4) is 0 Å². The number of nitrogens with zero attached hydrogens (tertiary/aromatic N) is 1. The van der Waals surface area contributed by atoms with Crippen molar-refractivity contribution in [3.05, 3.63) is 40.7 Å². The quantitative estimate of drug-likeness (QED) is 0.422. The van der Waals surface area contributed by atoms with Gasteiger partial charge in [-0.1, -0.05) is 26.0 Å². The van der Waals surface area contributed by atoms with Crippen LogP contribution in [0.3, 0.4) is 0 Å². The first-order chi connectivity index (χ1) is 5.24. The molecule has 60 valence electrons. The zero-order valence-electron chi connectivity index (χ0n) is 7.37. The Morgan fingerprint density at radius 1 is 1.17 bits per heavy atom. The average molecular weight is 214 g/mol. The molecule has 0 aliphatic heterocycles. The van der Waals surface area contributed by atoms with Crippen LogP contribution in [0.1, 0.15) is 19.4 Å². The van der Waals surface area contributed by atoms with Crippen molar-refractivity contribution < 1.29 is 19.5 Å². The van der Waals surface area contributed by atoms with Crippen LogP contribution in [0, 0.1) is 10.8 Å². The van der Waals surface area contributed by atoms with Crippen LogP contribution in [-0.4, -0.2) is 0 Å². The van der Waals surface area contributed by atoms with Crippen LogP contribution in [-0.2, 0) is 19.5 Å². The molecule has 1 aromatic rings. The fourth-order valence-corrected chi connectivity index (χ4v) is 0.856. The monoisotopic (exact) mass is 212 g/mol. The van der Waals surface area contributed by atoms with Crippen molar-refractivity contribution in [2.24, 2.45) is 5.18 Å². The van der Waals surface area contributed by atoms with Crippen molar-refractivity contribution in [2.75, 3.05) is 0 Å². The van der Waals surface area contributed by atoms with Crippen molar-refractivity contribution in [2.45, 2.75) is 13.8 Å². The Morgan fingerprint density at radius 2 is 1.67 bits per heavy atom. The van der Waals surface area contributed by atoms with Crippen LogP contribution in [0.5, 0.6) is 0 Å². The summed E-state index contributed by atoms with van der Waals surface area (Å²) in [4.78, 5) is 10.0. The molecule has 2 nitrogen and oxygen atoms in total. The maximum absolute atomic E-state index is 10.0. The van der Waals surface area contributed by atoms with E-state index in [1.54, 1.807) is 12.1 Å². The smallest absolute Gasteiger partial charge is 0.0835 e. The molecular weight excluding hydrogens is 203 g/mol. The Bertz CT molecular complexity index is 243. The minimum absolute atomic E-state index is 0. The molecule has 0 aromatic heterocycles. The minimum Gasteiger partial charge on any atom is -0.189 e. The third-order valence-electron chi connectivity index (χ3n) is 1.55. The maximum atomic E-state index is 10.0. The molecule has 0 N–H and O–H groups in total. The topological polar surface area (TPSA) is 29.4 Å². The van der Waals surface area contributed by atoms with Gasteiger partial charge >= 0.3 is 0 Å². The predicted octanol–water partition coefficient (Wildman–Crippen LogP) is 3.04. The molecule has 3 heteroatoms. The van der Waals surface area contributed by atoms with E-state index < -0.39 is 0 Å². The number of nitroso groups, excluding NO2 is 1. The summed E-state index contributed by atoms with van der Waals surface area (Å²) in [6, 6.07) is 7.22. The van der Waals surface area contributed by atoms with Crippen LogP contribution >= 0.6 is 0 Å². The van der Waals surface area contributed by atoms with Crippen molar-refractivity contribution in [1.82, 2.24) is 0 Å². The van der Waals surface area contributed by atoms with E-state index in [0.717, 1.165) is 5.56 Å². The summed E-state index contributed by atoms with van der Waals surface area (Å²) in [6.07, 6.45) is 0. The molecule has 0 bridgehead atoms. The molecule has 1 rings (SSSR count). The number of benzene rings is 1. The van der Waals surface area contributed by atoms with Crippen LogP contribution in [0.15, 0.2) is 29.4 Å². The summed E-state index contributed by atoms with van der Waals surface area (Å²) in [5.41, 5.74) is 1.63. The molecule has 0 spiro atoms. The predicted molar refractivity (Wildman–Crippen MR) is 45.6 cm³/mol. The van der Waals surface area contributed by atoms with E-state index in [1.807, 2.05) is 26.0 Å². The largest absolute Gasteiger partial charge is 0.189 e. The molecule has 0 aliphatic rings. The van der Waals surface area contributed by atoms with Crippen molar-refractivity contribution in [1.29, 1.82) is 0 Å². The van der Waals surface area contributed by atoms with E-state index in [0.29, 0.717) is 5.69 Å². The van der Waals surface area contributed by atoms with E-state index in [2.05, 4.69) is 5.18 Å². The van der Waals surface area contributed by atoms with Gasteiger partial charge in [0.15, 0.2) is 0 Å². The van der Waals surface area contributed by atoms with E-state index in [1.165, 1.54) is 5.92 Å². The first kappa shape index (κ1) is 11.3. The van der Waals surface area contributed by atoms with Gasteiger partial charge in [-0.25, -0.2) is 0 Å². The zero-order valence-corrected chi connectivity index (χ0v) is 10.3. The van der Waals surface area contributed by atoms with Gasteiger partial charge in [0, 0.05) is 19.5 Å². The maximum Gasteiger partial charge on any atom is 0.0835 e. The molecule has 0 saturated carbocycles. The summed E-state index contributed by atoms with van der Waals surface area (Å²) in [6.45, 7) is 4.06. The van der Waals surface area contributed by atoms with Crippen molar-refractivity contribution in [3.63, 3.8) is 0 Å². The normalized spacial score (nSPS) is 8.50. The van der Waals surface area contributed by atoms with E-state index in [4.69, 9.17) is 0 Å². The number of rotatable bonds is 2. The number of hydrogen-bond acceptors (Lipinski definition) is 2. The molecule has 0 unspecified atom stereocenters.